The quantitative estimate of drug-likeness (QED) is 0.169. The van der Waals surface area contributed by atoms with Crippen molar-refractivity contribution in [3.05, 3.63) is 167 Å². The van der Waals surface area contributed by atoms with Crippen LogP contribution in [-0.4, -0.2) is 19.6 Å². The molecule has 4 nitrogen and oxygen atoms in total. The van der Waals surface area contributed by atoms with E-state index in [1.54, 1.807) is 30.5 Å². The summed E-state index contributed by atoms with van der Waals surface area (Å²) in [5.74, 6) is -2.17. The molecule has 0 atom stereocenters. The molecule has 0 fully saturated rings. The number of aromatic hydroxyl groups is 1. The van der Waals surface area contributed by atoms with Crippen LogP contribution in [0.3, 0.4) is 0 Å². The van der Waals surface area contributed by atoms with Crippen LogP contribution in [0.5, 0.6) is 5.75 Å². The SMILES string of the molecule is [2H]c1c([2H])c([2H])c(-c2cc(C(C)(C)C)ccc2-n2c(-c3cc(C(C([2H])([2H])[2H])(C([2H])([2H])[2H])C([2H])([2H])[2H])cc(C(C([2H])([2H])[2H])(C([2H])([2H])[2H])C([2H])([2H])[2H])c3O)nc3c(-c4[c-]c(-c5cc(-c6ccc(C(C)(C)C)cc6)ccn5)cc(C(C)(C)C)c4)cccc32)c([2H])c1[2H].[Pt]. The predicted octanol–water partition coefficient (Wildman–Crippen LogP) is 16.7. The van der Waals surface area contributed by atoms with Crippen LogP contribution >= 0.6 is 0 Å². The van der Waals surface area contributed by atoms with E-state index in [4.69, 9.17) is 38.8 Å². The molecule has 8 rings (SSSR count). The Morgan fingerprint density at radius 2 is 1.16 bits per heavy atom. The number of phenols is 1. The fourth-order valence-corrected chi connectivity index (χ4v) is 8.04. The van der Waals surface area contributed by atoms with E-state index in [0.717, 1.165) is 22.3 Å². The number of benzene rings is 6. The summed E-state index contributed by atoms with van der Waals surface area (Å²) in [6.45, 7) is -7.34. The molecule has 8 aromatic rings. The van der Waals surface area contributed by atoms with Crippen LogP contribution in [0.2, 0.25) is 0 Å². The van der Waals surface area contributed by atoms with Crippen molar-refractivity contribution in [2.45, 2.75) is 130 Å². The summed E-state index contributed by atoms with van der Waals surface area (Å²) >= 11 is 0. The predicted molar refractivity (Wildman–Crippen MR) is 280 cm³/mol. The van der Waals surface area contributed by atoms with Gasteiger partial charge in [-0.25, -0.2) is 4.98 Å². The van der Waals surface area contributed by atoms with Crippen LogP contribution in [0.25, 0.3) is 72.7 Å². The molecule has 5 heteroatoms. The van der Waals surface area contributed by atoms with Gasteiger partial charge in [-0.05, 0) is 90.8 Å². The van der Waals surface area contributed by atoms with E-state index in [9.17, 15) is 7.85 Å². The van der Waals surface area contributed by atoms with E-state index >= 15 is 0 Å². The van der Waals surface area contributed by atoms with Crippen molar-refractivity contribution >= 4 is 11.0 Å². The van der Waals surface area contributed by atoms with Gasteiger partial charge in [0.05, 0.1) is 29.1 Å². The first-order valence-electron chi connectivity index (χ1n) is 33.1. The monoisotopic (exact) mass is 1090 g/mol. The molecule has 348 valence electrons. The van der Waals surface area contributed by atoms with E-state index in [1.165, 1.54) is 16.7 Å². The number of imidazole rings is 1. The Balaban J connectivity index is 0.0000115. The zero-order chi connectivity index (χ0) is 67.1. The molecule has 67 heavy (non-hydrogen) atoms. The number of nitrogens with zero attached hydrogens (tertiary/aromatic N) is 3. The Bertz CT molecular complexity index is 3970. The second-order valence-corrected chi connectivity index (χ2v) is 20.0. The molecule has 2 aromatic heterocycles. The smallest absolute Gasteiger partial charge is 0.148 e. The van der Waals surface area contributed by atoms with Crippen molar-refractivity contribution in [1.82, 2.24) is 14.5 Å². The van der Waals surface area contributed by atoms with Crippen molar-refractivity contribution in [1.29, 1.82) is 0 Å². The van der Waals surface area contributed by atoms with Crippen LogP contribution in [-0.2, 0) is 48.1 Å². The summed E-state index contributed by atoms with van der Waals surface area (Å²) in [7, 11) is 0. The summed E-state index contributed by atoms with van der Waals surface area (Å²) in [6, 6.07) is 25.9. The third kappa shape index (κ3) is 10.0. The molecule has 0 saturated carbocycles. The van der Waals surface area contributed by atoms with Crippen LogP contribution in [0, 0.1) is 6.07 Å². The Kier molecular flexibility index (Phi) is 7.30. The summed E-state index contributed by atoms with van der Waals surface area (Å²) in [4.78, 5) is 9.90. The third-order valence-electron chi connectivity index (χ3n) is 11.9. The molecule has 0 aliphatic rings. The first-order chi connectivity index (χ1) is 40.4. The minimum atomic E-state index is -4.26. The number of pyridine rings is 1. The van der Waals surface area contributed by atoms with Gasteiger partial charge in [-0.15, -0.1) is 29.3 Å². The van der Waals surface area contributed by atoms with Crippen LogP contribution in [0.4, 0.5) is 0 Å². The summed E-state index contributed by atoms with van der Waals surface area (Å²) in [6.07, 6.45) is 1.67. The van der Waals surface area contributed by atoms with Crippen LogP contribution in [0.15, 0.2) is 133 Å². The van der Waals surface area contributed by atoms with E-state index in [1.807, 2.05) is 77.9 Å². The Morgan fingerprint density at radius 1 is 0.552 bits per heavy atom. The molecule has 0 bridgehead atoms. The van der Waals surface area contributed by atoms with E-state index in [-0.39, 0.29) is 66.0 Å². The second-order valence-electron chi connectivity index (χ2n) is 20.0. The minimum absolute atomic E-state index is 0. The molecule has 0 saturated heterocycles. The Morgan fingerprint density at radius 3 is 1.81 bits per heavy atom. The van der Waals surface area contributed by atoms with Gasteiger partial charge in [-0.2, -0.15) is 0 Å². The maximum atomic E-state index is 13.2. The van der Waals surface area contributed by atoms with Gasteiger partial charge in [0.25, 0.3) is 0 Å². The Labute approximate surface area is 447 Å². The van der Waals surface area contributed by atoms with Gasteiger partial charge in [-0.3, -0.25) is 9.55 Å². The zero-order valence-corrected chi connectivity index (χ0v) is 41.2. The number of phenolic OH excluding ortho intramolecular Hbond substituents is 1. The first-order valence-corrected chi connectivity index (χ1v) is 21.6. The standard InChI is InChI=1S/C62H68N3O.Pt/c1-58(2,3)44-26-24-39(25-27-44)41-30-31-63-52(35-41)43-32-42(33-46(34-43)60(7,8)9)48-22-19-23-54-55(48)64-57(50-37-47(61(10,11)12)38-51(56(50)66)62(13,14)15)65(54)53-29-28-45(59(4,5)6)36-49(53)40-20-17-16-18-21-40;/h16-31,33-38,66H,1-15H3;/q-1;/i10D3,11D3,12D3,13D3,14D3,15D3,16D,17D,18D,20D,21D;. The van der Waals surface area contributed by atoms with Gasteiger partial charge in [0.15, 0.2) is 0 Å². The fourth-order valence-electron chi connectivity index (χ4n) is 8.04. The van der Waals surface area contributed by atoms with Crippen molar-refractivity contribution in [3.63, 3.8) is 0 Å². The van der Waals surface area contributed by atoms with Gasteiger partial charge in [0, 0.05) is 68.8 Å². The Hall–Kier alpha value is -5.57. The normalized spacial score (nSPS) is 18.8. The first kappa shape index (κ1) is 27.4. The van der Waals surface area contributed by atoms with E-state index in [2.05, 4.69) is 39.0 Å². The molecule has 2 heterocycles. The molecule has 6 aromatic carbocycles. The number of aromatic nitrogens is 3. The minimum Gasteiger partial charge on any atom is -0.507 e. The summed E-state index contributed by atoms with van der Waals surface area (Å²) in [5.41, 5.74) is -8.47. The van der Waals surface area contributed by atoms with Gasteiger partial charge < -0.3 is 5.11 Å². The zero-order valence-electron chi connectivity index (χ0n) is 61.9. The van der Waals surface area contributed by atoms with Gasteiger partial charge in [0.2, 0.25) is 0 Å². The molecule has 0 amide bonds. The molecular weight excluding hydrogens is 998 g/mol. The average molecular weight is 1090 g/mol. The summed E-state index contributed by atoms with van der Waals surface area (Å²) < 4.78 is 205. The maximum Gasteiger partial charge on any atom is 0.148 e. The molecule has 0 unspecified atom stereocenters. The van der Waals surface area contributed by atoms with E-state index in [0.29, 0.717) is 28.5 Å². The van der Waals surface area contributed by atoms with E-state index < -0.39 is 121 Å². The second kappa shape index (κ2) is 17.8. The topological polar surface area (TPSA) is 50.9 Å². The van der Waals surface area contributed by atoms with Crippen LogP contribution in [0.1, 0.15) is 163 Å². The number of rotatable bonds is 6. The fraction of sp³-hybridized carbons (Fsp3) is 0.323. The molecule has 1 N–H and O–H groups in total. The number of para-hydroxylation sites is 1. The molecule has 0 radical (unpaired) electrons. The average Bonchev–Trinajstić information content (AvgIpc) is 0.801. The third-order valence-corrected chi connectivity index (χ3v) is 11.9. The number of fused-ring (bicyclic) bond motifs is 1. The van der Waals surface area contributed by atoms with Gasteiger partial charge in [-0.1, -0.05) is 199 Å². The molecule has 0 aliphatic carbocycles. The van der Waals surface area contributed by atoms with Crippen LogP contribution < -0.4 is 0 Å². The van der Waals surface area contributed by atoms with Crippen molar-refractivity contribution in [2.75, 3.05) is 0 Å². The molecule has 0 aliphatic heterocycles. The van der Waals surface area contributed by atoms with Crippen molar-refractivity contribution < 1.29 is 57.7 Å². The van der Waals surface area contributed by atoms with Crippen molar-refractivity contribution in [3.8, 4) is 67.5 Å². The largest absolute Gasteiger partial charge is 0.507 e. The summed E-state index contributed by atoms with van der Waals surface area (Å²) in [5, 5.41) is 13.2. The van der Waals surface area contributed by atoms with Crippen molar-refractivity contribution in [2.24, 2.45) is 0 Å². The number of hydrogen-bond donors (Lipinski definition) is 1. The maximum absolute atomic E-state index is 13.2. The number of hydrogen-bond acceptors (Lipinski definition) is 3. The van der Waals surface area contributed by atoms with Gasteiger partial charge >= 0.3 is 0 Å². The van der Waals surface area contributed by atoms with Gasteiger partial charge in [0.1, 0.15) is 11.6 Å². The molecular formula is C62H68N3OPt-. The molecule has 0 spiro atoms.